The van der Waals surface area contributed by atoms with Gasteiger partial charge in [-0.1, -0.05) is 29.3 Å². The van der Waals surface area contributed by atoms with Crippen molar-refractivity contribution >= 4 is 47.2 Å². The number of halogens is 2. The summed E-state index contributed by atoms with van der Waals surface area (Å²) in [4.78, 5) is 19.2. The van der Waals surface area contributed by atoms with Crippen LogP contribution in [0.4, 0.5) is 0 Å². The molecule has 2 heterocycles. The predicted molar refractivity (Wildman–Crippen MR) is 104 cm³/mol. The Labute approximate surface area is 158 Å². The zero-order chi connectivity index (χ0) is 18.3. The van der Waals surface area contributed by atoms with Crippen molar-refractivity contribution in [2.24, 2.45) is 4.99 Å². The van der Waals surface area contributed by atoms with E-state index in [1.807, 2.05) is 19.9 Å². The van der Waals surface area contributed by atoms with E-state index in [1.165, 1.54) is 4.57 Å². The van der Waals surface area contributed by atoms with E-state index in [-0.39, 0.29) is 21.2 Å². The fourth-order valence-electron chi connectivity index (χ4n) is 2.55. The van der Waals surface area contributed by atoms with Crippen molar-refractivity contribution in [3.8, 4) is 11.6 Å². The van der Waals surface area contributed by atoms with Gasteiger partial charge in [-0.25, -0.2) is 0 Å². The van der Waals surface area contributed by atoms with Crippen LogP contribution in [-0.2, 0) is 0 Å². The zero-order valence-electron chi connectivity index (χ0n) is 13.3. The Morgan fingerprint density at radius 2 is 2.04 bits per heavy atom. The fraction of sp³-hybridized carbons (Fsp3) is 0.118. The molecule has 5 nitrogen and oxygen atoms in total. The highest BCUT2D eigenvalue weighted by molar-refractivity contribution is 7.71. The number of nitrogens with one attached hydrogen (secondary N) is 1. The number of allylic oxidation sites excluding steroid dienone is 3. The highest BCUT2D eigenvalue weighted by atomic mass is 35.5. The molecule has 2 aromatic rings. The molecule has 0 aliphatic carbocycles. The molecule has 1 aliphatic heterocycles. The van der Waals surface area contributed by atoms with E-state index in [0.717, 1.165) is 17.0 Å². The first-order valence-corrected chi connectivity index (χ1v) is 8.44. The molecule has 1 aromatic carbocycles. The minimum absolute atomic E-state index is 0.0114. The summed E-state index contributed by atoms with van der Waals surface area (Å²) in [6.07, 6.45) is 3.39. The van der Waals surface area contributed by atoms with Gasteiger partial charge in [0.2, 0.25) is 5.88 Å². The number of aromatic hydroxyl groups is 1. The molecule has 1 aromatic heterocycles. The van der Waals surface area contributed by atoms with Crippen molar-refractivity contribution in [1.29, 1.82) is 0 Å². The van der Waals surface area contributed by atoms with Crippen molar-refractivity contribution in [2.45, 2.75) is 13.8 Å². The Bertz CT molecular complexity index is 1090. The van der Waals surface area contributed by atoms with E-state index in [9.17, 15) is 9.90 Å². The van der Waals surface area contributed by atoms with Crippen molar-refractivity contribution in [3.05, 3.63) is 66.3 Å². The largest absolute Gasteiger partial charge is 0.494 e. The van der Waals surface area contributed by atoms with Crippen molar-refractivity contribution < 1.29 is 5.11 Å². The quantitative estimate of drug-likeness (QED) is 0.728. The van der Waals surface area contributed by atoms with E-state index < -0.39 is 5.56 Å². The van der Waals surface area contributed by atoms with Gasteiger partial charge in [0.25, 0.3) is 5.56 Å². The molecule has 0 unspecified atom stereocenters. The summed E-state index contributed by atoms with van der Waals surface area (Å²) < 4.78 is 1.28. The Morgan fingerprint density at radius 3 is 2.68 bits per heavy atom. The molecule has 0 atom stereocenters. The Morgan fingerprint density at radius 1 is 1.32 bits per heavy atom. The van der Waals surface area contributed by atoms with E-state index >= 15 is 0 Å². The van der Waals surface area contributed by atoms with E-state index in [2.05, 4.69) is 9.98 Å². The molecule has 0 saturated heterocycles. The van der Waals surface area contributed by atoms with Crippen LogP contribution < -0.4 is 5.56 Å². The summed E-state index contributed by atoms with van der Waals surface area (Å²) in [5, 5.41) is 11.2. The standard InChI is InChI=1S/C17H13Cl2N3O2S/c1-8-6-10(9(2)20-8)7-11-15(23)21-17(25)22(16(11)24)13-5-3-4-12(18)14(13)19/h3-7,24H,1-2H3,(H,21,23,25)/b10-7+. The van der Waals surface area contributed by atoms with Crippen LogP contribution in [0.15, 0.2) is 45.3 Å². The highest BCUT2D eigenvalue weighted by Gasteiger charge is 2.17. The molecule has 25 heavy (non-hydrogen) atoms. The molecular formula is C17H13Cl2N3O2S. The molecule has 3 rings (SSSR count). The van der Waals surface area contributed by atoms with Gasteiger partial charge in [-0.05, 0) is 55.9 Å². The molecule has 0 saturated carbocycles. The Balaban J connectivity index is 2.29. The summed E-state index contributed by atoms with van der Waals surface area (Å²) >= 11 is 17.5. The lowest BCUT2D eigenvalue weighted by molar-refractivity contribution is 0.432. The van der Waals surface area contributed by atoms with Crippen LogP contribution in [0.5, 0.6) is 5.88 Å². The van der Waals surface area contributed by atoms with Crippen LogP contribution in [0, 0.1) is 4.77 Å². The third kappa shape index (κ3) is 3.20. The highest BCUT2D eigenvalue weighted by Crippen LogP contribution is 2.32. The second-order valence-corrected chi connectivity index (χ2v) is 6.66. The average Bonchev–Trinajstić information content (AvgIpc) is 2.85. The molecule has 0 amide bonds. The lowest BCUT2D eigenvalue weighted by Gasteiger charge is -2.13. The SMILES string of the molecule is CC1=C/C(=C\c2c(O)n(-c3cccc(Cl)c3Cl)c(=S)[nH]c2=O)C(C)=N1. The Kier molecular flexibility index (Phi) is 4.69. The molecule has 2 N–H and O–H groups in total. The maximum absolute atomic E-state index is 12.3. The first-order valence-electron chi connectivity index (χ1n) is 7.28. The van der Waals surface area contributed by atoms with Crippen LogP contribution in [-0.4, -0.2) is 20.4 Å². The average molecular weight is 394 g/mol. The number of nitrogens with zero attached hydrogens (tertiary/aromatic N) is 2. The third-order valence-electron chi connectivity index (χ3n) is 3.72. The topological polar surface area (TPSA) is 70.4 Å². The second-order valence-electron chi connectivity index (χ2n) is 5.49. The van der Waals surface area contributed by atoms with Gasteiger partial charge in [0.05, 0.1) is 15.7 Å². The maximum atomic E-state index is 12.3. The molecule has 0 fully saturated rings. The lowest BCUT2D eigenvalue weighted by atomic mass is 10.1. The maximum Gasteiger partial charge on any atom is 0.262 e. The van der Waals surface area contributed by atoms with Crippen LogP contribution in [0.25, 0.3) is 11.8 Å². The van der Waals surface area contributed by atoms with Crippen molar-refractivity contribution in [3.63, 3.8) is 0 Å². The molecular weight excluding hydrogens is 381 g/mol. The summed E-state index contributed by atoms with van der Waals surface area (Å²) in [5.41, 5.74) is 2.24. The number of rotatable bonds is 2. The molecule has 8 heteroatoms. The number of hydrogen-bond acceptors (Lipinski definition) is 4. The molecule has 1 aliphatic rings. The minimum atomic E-state index is -0.504. The third-order valence-corrected chi connectivity index (χ3v) is 4.81. The van der Waals surface area contributed by atoms with E-state index in [1.54, 1.807) is 24.3 Å². The second kappa shape index (κ2) is 6.63. The number of hydrogen-bond donors (Lipinski definition) is 2. The fourth-order valence-corrected chi connectivity index (χ4v) is 3.21. The first kappa shape index (κ1) is 17.7. The number of H-pyrrole nitrogens is 1. The van der Waals surface area contributed by atoms with Crippen LogP contribution in [0.2, 0.25) is 10.0 Å². The predicted octanol–water partition coefficient (Wildman–Crippen LogP) is 4.67. The van der Waals surface area contributed by atoms with Crippen LogP contribution in [0.3, 0.4) is 0 Å². The molecule has 0 radical (unpaired) electrons. The first-order chi connectivity index (χ1) is 11.8. The van der Waals surface area contributed by atoms with Gasteiger partial charge in [-0.3, -0.25) is 19.3 Å². The number of aromatic amines is 1. The monoisotopic (exact) mass is 393 g/mol. The van der Waals surface area contributed by atoms with Crippen LogP contribution in [0.1, 0.15) is 19.4 Å². The van der Waals surface area contributed by atoms with Gasteiger partial charge >= 0.3 is 0 Å². The van der Waals surface area contributed by atoms with Crippen molar-refractivity contribution in [2.75, 3.05) is 0 Å². The van der Waals surface area contributed by atoms with E-state index in [0.29, 0.717) is 10.7 Å². The minimum Gasteiger partial charge on any atom is -0.494 e. The van der Waals surface area contributed by atoms with Crippen LogP contribution >= 0.6 is 35.4 Å². The van der Waals surface area contributed by atoms with Gasteiger partial charge in [0.15, 0.2) is 4.77 Å². The number of aromatic nitrogens is 2. The molecule has 0 bridgehead atoms. The molecule has 0 spiro atoms. The number of aliphatic imine (C=N–C) groups is 1. The molecule has 128 valence electrons. The summed E-state index contributed by atoms with van der Waals surface area (Å²) in [7, 11) is 0. The van der Waals surface area contributed by atoms with Gasteiger partial charge < -0.3 is 5.11 Å². The normalized spacial score (nSPS) is 15.4. The summed E-state index contributed by atoms with van der Waals surface area (Å²) in [6, 6.07) is 4.94. The van der Waals surface area contributed by atoms with Crippen molar-refractivity contribution in [1.82, 2.24) is 9.55 Å². The van der Waals surface area contributed by atoms with E-state index in [4.69, 9.17) is 35.4 Å². The summed E-state index contributed by atoms with van der Waals surface area (Å²) in [6.45, 7) is 3.68. The lowest BCUT2D eigenvalue weighted by Crippen LogP contribution is -2.16. The van der Waals surface area contributed by atoms with Gasteiger partial charge in [0, 0.05) is 11.4 Å². The van der Waals surface area contributed by atoms with Gasteiger partial charge in [-0.2, -0.15) is 0 Å². The zero-order valence-corrected chi connectivity index (χ0v) is 15.6. The smallest absolute Gasteiger partial charge is 0.262 e. The summed E-state index contributed by atoms with van der Waals surface area (Å²) in [5.74, 6) is -0.323. The van der Waals surface area contributed by atoms with Gasteiger partial charge in [-0.15, -0.1) is 0 Å². The van der Waals surface area contributed by atoms with Gasteiger partial charge in [0.1, 0.15) is 5.56 Å². The Hall–Kier alpha value is -2.15. The number of benzene rings is 1.